The zero-order valence-corrected chi connectivity index (χ0v) is 17.1. The molecule has 1 heterocycles. The van der Waals surface area contributed by atoms with Gasteiger partial charge in [0.15, 0.2) is 0 Å². The molecule has 27 heavy (non-hydrogen) atoms. The zero-order chi connectivity index (χ0) is 19.1. The zero-order valence-electron chi connectivity index (χ0n) is 13.9. The minimum Gasteiger partial charge on any atom is -0.496 e. The number of halogens is 2. The van der Waals surface area contributed by atoms with Crippen LogP contribution in [0.2, 0.25) is 5.02 Å². The van der Waals surface area contributed by atoms with Gasteiger partial charge in [0.25, 0.3) is 5.69 Å². The molecule has 0 radical (unpaired) electrons. The first-order valence-electron chi connectivity index (χ1n) is 7.81. The number of nitro benzene ring substituents is 1. The van der Waals surface area contributed by atoms with Crippen molar-refractivity contribution in [2.24, 2.45) is 4.99 Å². The lowest BCUT2D eigenvalue weighted by Crippen LogP contribution is -1.91. The van der Waals surface area contributed by atoms with Crippen molar-refractivity contribution in [1.29, 1.82) is 0 Å². The second kappa shape index (κ2) is 7.03. The summed E-state index contributed by atoms with van der Waals surface area (Å²) in [6.45, 7) is 0. The highest BCUT2D eigenvalue weighted by Crippen LogP contribution is 2.48. The van der Waals surface area contributed by atoms with E-state index >= 15 is 0 Å². The Hall–Kier alpha value is -2.29. The van der Waals surface area contributed by atoms with Crippen molar-refractivity contribution in [2.75, 3.05) is 7.11 Å². The summed E-state index contributed by atoms with van der Waals surface area (Å²) >= 11 is 10.9. The van der Waals surface area contributed by atoms with Gasteiger partial charge in [-0.05, 0) is 29.3 Å². The molecule has 1 aromatic heterocycles. The lowest BCUT2D eigenvalue weighted by Gasteiger charge is -2.08. The Balaban J connectivity index is 1.68. The first-order chi connectivity index (χ1) is 13.0. The molecule has 0 aliphatic heterocycles. The molecule has 6 nitrogen and oxygen atoms in total. The molecule has 0 saturated carbocycles. The molecule has 0 amide bonds. The summed E-state index contributed by atoms with van der Waals surface area (Å²) in [5.41, 5.74) is 3.46. The third-order valence-electron chi connectivity index (χ3n) is 4.19. The van der Waals surface area contributed by atoms with Gasteiger partial charge in [0, 0.05) is 33.6 Å². The van der Waals surface area contributed by atoms with Gasteiger partial charge >= 0.3 is 0 Å². The van der Waals surface area contributed by atoms with Gasteiger partial charge in [-0.3, -0.25) is 10.1 Å². The molecular weight excluding hydrogens is 454 g/mol. The molecule has 3 aromatic rings. The van der Waals surface area contributed by atoms with Crippen LogP contribution in [0.3, 0.4) is 0 Å². The molecule has 0 spiro atoms. The van der Waals surface area contributed by atoms with Crippen molar-refractivity contribution in [3.63, 3.8) is 0 Å². The third kappa shape index (κ3) is 3.24. The van der Waals surface area contributed by atoms with E-state index in [2.05, 4.69) is 25.9 Å². The predicted molar refractivity (Wildman–Crippen MR) is 110 cm³/mol. The van der Waals surface area contributed by atoms with Crippen LogP contribution in [0.25, 0.3) is 11.3 Å². The molecule has 2 aromatic carbocycles. The smallest absolute Gasteiger partial charge is 0.288 e. The molecule has 0 saturated heterocycles. The van der Waals surface area contributed by atoms with E-state index in [-0.39, 0.29) is 10.7 Å². The number of nitro groups is 1. The number of hydrogen-bond acceptors (Lipinski definition) is 6. The SMILES string of the molecule is COc1ccc(Br)c2c1-c1nc(N=Cc3ccc(Cl)c([N+](=O)[O-])c3)sc1C2. The van der Waals surface area contributed by atoms with Gasteiger partial charge in [-0.15, -0.1) is 0 Å². The van der Waals surface area contributed by atoms with E-state index in [1.54, 1.807) is 19.4 Å². The second-order valence-corrected chi connectivity index (χ2v) is 8.10. The number of nitrogens with zero attached hydrogens (tertiary/aromatic N) is 3. The average Bonchev–Trinajstić information content (AvgIpc) is 3.19. The van der Waals surface area contributed by atoms with Crippen LogP contribution in [0.1, 0.15) is 16.0 Å². The highest BCUT2D eigenvalue weighted by atomic mass is 79.9. The van der Waals surface area contributed by atoms with E-state index in [1.165, 1.54) is 23.5 Å². The minimum atomic E-state index is -0.515. The number of fused-ring (bicyclic) bond motifs is 3. The largest absolute Gasteiger partial charge is 0.496 e. The van der Waals surface area contributed by atoms with Gasteiger partial charge < -0.3 is 4.74 Å². The molecule has 9 heteroatoms. The van der Waals surface area contributed by atoms with E-state index in [0.717, 1.165) is 38.3 Å². The van der Waals surface area contributed by atoms with Gasteiger partial charge in [0.1, 0.15) is 10.8 Å². The van der Waals surface area contributed by atoms with Crippen LogP contribution in [0, 0.1) is 10.1 Å². The summed E-state index contributed by atoms with van der Waals surface area (Å²) in [4.78, 5) is 20.6. The van der Waals surface area contributed by atoms with Gasteiger partial charge in [-0.2, -0.15) is 0 Å². The maximum atomic E-state index is 11.0. The standard InChI is InChI=1S/C18H11BrClN3O3S/c1-26-14-5-3-11(19)10-7-15-17(16(10)14)22-18(27-15)21-8-9-2-4-12(20)13(6-9)23(24)25/h2-6,8H,7H2,1H3. The molecular formula is C18H11BrClN3O3S. The number of ether oxygens (including phenoxy) is 1. The normalized spacial score (nSPS) is 12.3. The van der Waals surface area contributed by atoms with Crippen LogP contribution in [0.4, 0.5) is 10.8 Å². The number of rotatable bonds is 4. The number of hydrogen-bond donors (Lipinski definition) is 0. The van der Waals surface area contributed by atoms with Crippen LogP contribution in [-0.4, -0.2) is 23.2 Å². The molecule has 4 rings (SSSR count). The van der Waals surface area contributed by atoms with Crippen LogP contribution in [0.15, 0.2) is 39.8 Å². The Labute approximate surface area is 171 Å². The molecule has 1 aliphatic rings. The Bertz CT molecular complexity index is 1110. The summed E-state index contributed by atoms with van der Waals surface area (Å²) in [5, 5.41) is 11.7. The van der Waals surface area contributed by atoms with E-state index in [9.17, 15) is 10.1 Å². The van der Waals surface area contributed by atoms with Crippen molar-refractivity contribution < 1.29 is 9.66 Å². The fourth-order valence-electron chi connectivity index (χ4n) is 2.95. The maximum Gasteiger partial charge on any atom is 0.288 e. The Kier molecular flexibility index (Phi) is 4.71. The Morgan fingerprint density at radius 3 is 2.96 bits per heavy atom. The Morgan fingerprint density at radius 1 is 1.41 bits per heavy atom. The fourth-order valence-corrected chi connectivity index (χ4v) is 4.53. The quantitative estimate of drug-likeness (QED) is 0.217. The number of aliphatic imine (C=N–C) groups is 1. The number of benzene rings is 2. The van der Waals surface area contributed by atoms with Crippen molar-refractivity contribution >= 4 is 55.9 Å². The molecule has 0 N–H and O–H groups in total. The van der Waals surface area contributed by atoms with E-state index in [4.69, 9.17) is 16.3 Å². The molecule has 0 fully saturated rings. The molecule has 0 bridgehead atoms. The average molecular weight is 465 g/mol. The van der Waals surface area contributed by atoms with Crippen LogP contribution < -0.4 is 4.74 Å². The molecule has 0 atom stereocenters. The molecule has 0 unspecified atom stereocenters. The van der Waals surface area contributed by atoms with E-state index in [0.29, 0.717) is 10.7 Å². The van der Waals surface area contributed by atoms with Crippen LogP contribution in [-0.2, 0) is 6.42 Å². The fraction of sp³-hybridized carbons (Fsp3) is 0.111. The van der Waals surface area contributed by atoms with Crippen molar-refractivity contribution in [3.05, 3.63) is 65.9 Å². The molecule has 136 valence electrons. The minimum absolute atomic E-state index is 0.0969. The molecule has 1 aliphatic carbocycles. The van der Waals surface area contributed by atoms with Crippen LogP contribution >= 0.6 is 38.9 Å². The first kappa shape index (κ1) is 18.1. The lowest BCUT2D eigenvalue weighted by atomic mass is 10.1. The van der Waals surface area contributed by atoms with Crippen LogP contribution in [0.5, 0.6) is 5.75 Å². The summed E-state index contributed by atoms with van der Waals surface area (Å²) in [7, 11) is 1.64. The van der Waals surface area contributed by atoms with Gasteiger partial charge in [-0.1, -0.05) is 44.9 Å². The van der Waals surface area contributed by atoms with Gasteiger partial charge in [0.05, 0.1) is 17.7 Å². The van der Waals surface area contributed by atoms with Crippen molar-refractivity contribution in [1.82, 2.24) is 4.98 Å². The summed E-state index contributed by atoms with van der Waals surface area (Å²) in [6.07, 6.45) is 2.32. The highest BCUT2D eigenvalue weighted by Gasteiger charge is 2.28. The van der Waals surface area contributed by atoms with Gasteiger partial charge in [0.2, 0.25) is 5.13 Å². The van der Waals surface area contributed by atoms with Crippen molar-refractivity contribution in [3.8, 4) is 17.0 Å². The topological polar surface area (TPSA) is 77.6 Å². The van der Waals surface area contributed by atoms with Crippen molar-refractivity contribution in [2.45, 2.75) is 6.42 Å². The third-order valence-corrected chi connectivity index (χ3v) is 6.21. The van der Waals surface area contributed by atoms with E-state index < -0.39 is 4.92 Å². The lowest BCUT2D eigenvalue weighted by molar-refractivity contribution is -0.384. The number of methoxy groups -OCH3 is 1. The first-order valence-corrected chi connectivity index (χ1v) is 9.80. The number of thiazole rings is 1. The maximum absolute atomic E-state index is 11.0. The summed E-state index contributed by atoms with van der Waals surface area (Å²) < 4.78 is 6.51. The monoisotopic (exact) mass is 463 g/mol. The second-order valence-electron chi connectivity index (χ2n) is 5.77. The summed E-state index contributed by atoms with van der Waals surface area (Å²) in [6, 6.07) is 8.44. The highest BCUT2D eigenvalue weighted by molar-refractivity contribution is 9.10. The Morgan fingerprint density at radius 2 is 2.22 bits per heavy atom. The predicted octanol–water partition coefficient (Wildman–Crippen LogP) is 5.80. The van der Waals surface area contributed by atoms with Gasteiger partial charge in [-0.25, -0.2) is 9.98 Å². The van der Waals surface area contributed by atoms with E-state index in [1.807, 2.05) is 12.1 Å². The number of aromatic nitrogens is 1. The summed E-state index contributed by atoms with van der Waals surface area (Å²) in [5.74, 6) is 0.779.